The number of piperazine rings is 1. The molecule has 0 radical (unpaired) electrons. The lowest BCUT2D eigenvalue weighted by Crippen LogP contribution is -2.49. The smallest absolute Gasteiger partial charge is 0.254 e. The number of nitrogens with zero attached hydrogens (tertiary/aromatic N) is 2. The van der Waals surface area contributed by atoms with Crippen molar-refractivity contribution < 1.29 is 19.1 Å². The van der Waals surface area contributed by atoms with Gasteiger partial charge in [-0.05, 0) is 42.5 Å². The summed E-state index contributed by atoms with van der Waals surface area (Å²) in [5.74, 6) is 0.133. The molecular formula is C23H27ClN4O4. The van der Waals surface area contributed by atoms with Crippen LogP contribution in [-0.4, -0.2) is 66.9 Å². The van der Waals surface area contributed by atoms with Gasteiger partial charge < -0.3 is 20.3 Å². The van der Waals surface area contributed by atoms with E-state index >= 15 is 0 Å². The predicted molar refractivity (Wildman–Crippen MR) is 124 cm³/mol. The zero-order chi connectivity index (χ0) is 23.1. The Morgan fingerprint density at radius 1 is 0.906 bits per heavy atom. The monoisotopic (exact) mass is 458 g/mol. The second-order valence-electron chi connectivity index (χ2n) is 7.60. The lowest BCUT2D eigenvalue weighted by Gasteiger charge is -2.34. The molecule has 2 N–H and O–H groups in total. The van der Waals surface area contributed by atoms with Crippen molar-refractivity contribution in [3.63, 3.8) is 0 Å². The molecule has 0 aliphatic carbocycles. The molecule has 9 heteroatoms. The fourth-order valence-electron chi connectivity index (χ4n) is 3.48. The fourth-order valence-corrected chi connectivity index (χ4v) is 3.61. The molecule has 1 aliphatic heterocycles. The number of ether oxygens (including phenoxy) is 1. The van der Waals surface area contributed by atoms with Crippen LogP contribution in [0.2, 0.25) is 5.02 Å². The van der Waals surface area contributed by atoms with E-state index in [0.29, 0.717) is 41.7 Å². The second-order valence-corrected chi connectivity index (χ2v) is 8.03. The van der Waals surface area contributed by atoms with Crippen molar-refractivity contribution in [1.29, 1.82) is 0 Å². The first kappa shape index (κ1) is 23.6. The standard InChI is InChI=1S/C23H27ClN4O4/c1-16(29)25-20-13-18(14-21(15-20)26-17(2)30)23(31)28-9-7-27(8-10-28)11-12-32-22-5-3-19(24)4-6-22/h3-6,13-15H,7-12H2,1-2H3,(H,25,29)(H,26,30). The van der Waals surface area contributed by atoms with Crippen molar-refractivity contribution in [1.82, 2.24) is 9.80 Å². The number of hydrogen-bond acceptors (Lipinski definition) is 5. The van der Waals surface area contributed by atoms with E-state index in [1.807, 2.05) is 12.1 Å². The minimum absolute atomic E-state index is 0.138. The van der Waals surface area contributed by atoms with E-state index in [-0.39, 0.29) is 17.7 Å². The highest BCUT2D eigenvalue weighted by molar-refractivity contribution is 6.30. The lowest BCUT2D eigenvalue weighted by atomic mass is 10.1. The summed E-state index contributed by atoms with van der Waals surface area (Å²) in [5, 5.41) is 6.02. The molecule has 1 heterocycles. The van der Waals surface area contributed by atoms with E-state index in [1.54, 1.807) is 35.2 Å². The number of anilines is 2. The van der Waals surface area contributed by atoms with E-state index in [0.717, 1.165) is 25.4 Å². The summed E-state index contributed by atoms with van der Waals surface area (Å²) in [6.45, 7) is 6.73. The highest BCUT2D eigenvalue weighted by atomic mass is 35.5. The van der Waals surface area contributed by atoms with Gasteiger partial charge in [0.05, 0.1) is 0 Å². The van der Waals surface area contributed by atoms with Crippen LogP contribution in [0.3, 0.4) is 0 Å². The Hall–Kier alpha value is -3.10. The van der Waals surface area contributed by atoms with Crippen LogP contribution in [0.25, 0.3) is 0 Å². The SMILES string of the molecule is CC(=O)Nc1cc(NC(C)=O)cc(C(=O)N2CCN(CCOc3ccc(Cl)cc3)CC2)c1. The van der Waals surface area contributed by atoms with Crippen molar-refractivity contribution >= 4 is 40.7 Å². The Balaban J connectivity index is 1.55. The van der Waals surface area contributed by atoms with Gasteiger partial charge in [0.25, 0.3) is 5.91 Å². The number of carbonyl (C=O) groups excluding carboxylic acids is 3. The average Bonchev–Trinajstić information content (AvgIpc) is 2.74. The Morgan fingerprint density at radius 3 is 2.00 bits per heavy atom. The van der Waals surface area contributed by atoms with Crippen molar-refractivity contribution in [3.8, 4) is 5.75 Å². The van der Waals surface area contributed by atoms with Gasteiger partial charge >= 0.3 is 0 Å². The maximum absolute atomic E-state index is 13.1. The van der Waals surface area contributed by atoms with E-state index < -0.39 is 0 Å². The zero-order valence-corrected chi connectivity index (χ0v) is 18.9. The maximum atomic E-state index is 13.1. The topological polar surface area (TPSA) is 91.0 Å². The molecule has 0 bridgehead atoms. The highest BCUT2D eigenvalue weighted by Crippen LogP contribution is 2.21. The molecule has 32 heavy (non-hydrogen) atoms. The van der Waals surface area contributed by atoms with E-state index in [9.17, 15) is 14.4 Å². The first-order chi connectivity index (χ1) is 15.3. The summed E-state index contributed by atoms with van der Waals surface area (Å²) in [5.41, 5.74) is 1.34. The van der Waals surface area contributed by atoms with Gasteiger partial charge in [0.1, 0.15) is 12.4 Å². The number of rotatable bonds is 7. The number of hydrogen-bond donors (Lipinski definition) is 2. The molecular weight excluding hydrogens is 432 g/mol. The van der Waals surface area contributed by atoms with Crippen LogP contribution in [0, 0.1) is 0 Å². The molecule has 170 valence electrons. The molecule has 1 saturated heterocycles. The lowest BCUT2D eigenvalue weighted by molar-refractivity contribution is -0.115. The molecule has 0 saturated carbocycles. The Morgan fingerprint density at radius 2 is 1.47 bits per heavy atom. The molecule has 0 unspecified atom stereocenters. The van der Waals surface area contributed by atoms with E-state index in [2.05, 4.69) is 15.5 Å². The summed E-state index contributed by atoms with van der Waals surface area (Å²) in [4.78, 5) is 40.0. The van der Waals surface area contributed by atoms with Crippen LogP contribution in [0.5, 0.6) is 5.75 Å². The van der Waals surface area contributed by atoms with Gasteiger partial charge in [-0.1, -0.05) is 11.6 Å². The number of amides is 3. The van der Waals surface area contributed by atoms with Gasteiger partial charge in [-0.25, -0.2) is 0 Å². The summed E-state index contributed by atoms with van der Waals surface area (Å²) in [6.07, 6.45) is 0. The first-order valence-electron chi connectivity index (χ1n) is 10.4. The second kappa shape index (κ2) is 11.0. The van der Waals surface area contributed by atoms with Crippen LogP contribution < -0.4 is 15.4 Å². The number of benzene rings is 2. The number of halogens is 1. The van der Waals surface area contributed by atoms with Gasteiger partial charge in [-0.3, -0.25) is 19.3 Å². The molecule has 8 nitrogen and oxygen atoms in total. The highest BCUT2D eigenvalue weighted by Gasteiger charge is 2.23. The van der Waals surface area contributed by atoms with Gasteiger partial charge in [0.15, 0.2) is 0 Å². The summed E-state index contributed by atoms with van der Waals surface area (Å²) in [7, 11) is 0. The van der Waals surface area contributed by atoms with E-state index in [1.165, 1.54) is 13.8 Å². The quantitative estimate of drug-likeness (QED) is 0.665. The fraction of sp³-hybridized carbons (Fsp3) is 0.348. The molecule has 3 rings (SSSR count). The largest absolute Gasteiger partial charge is 0.492 e. The Kier molecular flexibility index (Phi) is 8.08. The Bertz CT molecular complexity index is 938. The van der Waals surface area contributed by atoms with Gasteiger partial charge in [0, 0.05) is 68.5 Å². The molecule has 1 aliphatic rings. The number of carbonyl (C=O) groups is 3. The molecule has 0 atom stereocenters. The zero-order valence-electron chi connectivity index (χ0n) is 18.2. The average molecular weight is 459 g/mol. The van der Waals surface area contributed by atoms with Crippen LogP contribution in [0.15, 0.2) is 42.5 Å². The molecule has 3 amide bonds. The predicted octanol–water partition coefficient (Wildman–Crippen LogP) is 3.09. The van der Waals surface area contributed by atoms with Gasteiger partial charge in [0.2, 0.25) is 11.8 Å². The maximum Gasteiger partial charge on any atom is 0.254 e. The minimum atomic E-state index is -0.252. The molecule has 0 spiro atoms. The Labute approximate surface area is 192 Å². The third-order valence-corrected chi connectivity index (χ3v) is 5.22. The first-order valence-corrected chi connectivity index (χ1v) is 10.8. The van der Waals surface area contributed by atoms with Crippen molar-refractivity contribution in [2.45, 2.75) is 13.8 Å². The van der Waals surface area contributed by atoms with Crippen LogP contribution in [-0.2, 0) is 9.59 Å². The van der Waals surface area contributed by atoms with Crippen molar-refractivity contribution in [2.24, 2.45) is 0 Å². The van der Waals surface area contributed by atoms with Crippen LogP contribution in [0.4, 0.5) is 11.4 Å². The van der Waals surface area contributed by atoms with Gasteiger partial charge in [-0.2, -0.15) is 0 Å². The minimum Gasteiger partial charge on any atom is -0.492 e. The van der Waals surface area contributed by atoms with Crippen LogP contribution >= 0.6 is 11.6 Å². The molecule has 2 aromatic rings. The summed E-state index contributed by atoms with van der Waals surface area (Å²) in [6, 6.07) is 12.1. The van der Waals surface area contributed by atoms with Gasteiger partial charge in [-0.15, -0.1) is 0 Å². The van der Waals surface area contributed by atoms with Crippen molar-refractivity contribution in [2.75, 3.05) is 50.0 Å². The number of nitrogens with one attached hydrogen (secondary N) is 2. The third-order valence-electron chi connectivity index (χ3n) is 4.97. The third kappa shape index (κ3) is 6.96. The normalized spacial score (nSPS) is 14.0. The molecule has 2 aromatic carbocycles. The summed E-state index contributed by atoms with van der Waals surface area (Å²) < 4.78 is 5.75. The van der Waals surface area contributed by atoms with Crippen molar-refractivity contribution in [3.05, 3.63) is 53.1 Å². The summed E-state index contributed by atoms with van der Waals surface area (Å²) >= 11 is 5.88. The molecule has 0 aromatic heterocycles. The molecule has 1 fully saturated rings. The van der Waals surface area contributed by atoms with Crippen LogP contribution in [0.1, 0.15) is 24.2 Å². The van der Waals surface area contributed by atoms with E-state index in [4.69, 9.17) is 16.3 Å².